The summed E-state index contributed by atoms with van der Waals surface area (Å²) in [6, 6.07) is 1.66. The highest BCUT2D eigenvalue weighted by atomic mass is 16.5. The van der Waals surface area contributed by atoms with Crippen LogP contribution in [-0.4, -0.2) is 12.6 Å². The zero-order valence-corrected chi connectivity index (χ0v) is 9.58. The molecular formula is C12H19NO2. The van der Waals surface area contributed by atoms with Crippen molar-refractivity contribution in [2.45, 2.75) is 39.5 Å². The van der Waals surface area contributed by atoms with Gasteiger partial charge in [0.2, 0.25) is 0 Å². The van der Waals surface area contributed by atoms with E-state index in [1.165, 1.54) is 6.42 Å². The van der Waals surface area contributed by atoms with Gasteiger partial charge in [-0.3, -0.25) is 0 Å². The number of rotatable bonds is 7. The summed E-state index contributed by atoms with van der Waals surface area (Å²) in [4.78, 5) is 11.0. The summed E-state index contributed by atoms with van der Waals surface area (Å²) in [5.74, 6) is 0.132. The van der Waals surface area contributed by atoms with Crippen LogP contribution < -0.4 is 0 Å². The van der Waals surface area contributed by atoms with Crippen molar-refractivity contribution in [1.82, 2.24) is 0 Å². The average molecular weight is 209 g/mol. The van der Waals surface area contributed by atoms with E-state index in [1.54, 1.807) is 6.07 Å². The number of nitrogens with zero attached hydrogens (tertiary/aromatic N) is 1. The molecule has 15 heavy (non-hydrogen) atoms. The van der Waals surface area contributed by atoms with E-state index >= 15 is 0 Å². The number of carbonyl (C=O) groups excluding carboxylic acids is 1. The van der Waals surface area contributed by atoms with E-state index in [9.17, 15) is 4.79 Å². The Bertz CT molecular complexity index is 251. The molecule has 0 saturated heterocycles. The molecule has 0 atom stereocenters. The molecule has 3 heteroatoms. The van der Waals surface area contributed by atoms with Gasteiger partial charge in [-0.2, -0.15) is 5.26 Å². The van der Waals surface area contributed by atoms with Crippen LogP contribution in [0.4, 0.5) is 0 Å². The summed E-state index contributed by atoms with van der Waals surface area (Å²) < 4.78 is 4.84. The second-order valence-corrected chi connectivity index (χ2v) is 3.97. The zero-order chi connectivity index (χ0) is 11.7. The van der Waals surface area contributed by atoms with E-state index in [-0.39, 0.29) is 5.57 Å². The van der Waals surface area contributed by atoms with Gasteiger partial charge in [0.15, 0.2) is 0 Å². The fourth-order valence-electron chi connectivity index (χ4n) is 1.13. The first kappa shape index (κ1) is 13.7. The monoisotopic (exact) mass is 209 g/mol. The molecule has 0 aromatic carbocycles. The number of nitriles is 1. The fraction of sp³-hybridized carbons (Fsp3) is 0.667. The summed E-state index contributed by atoms with van der Waals surface area (Å²) in [6.07, 6.45) is 4.29. The lowest BCUT2D eigenvalue weighted by Crippen LogP contribution is -2.07. The molecule has 0 amide bonds. The van der Waals surface area contributed by atoms with Crippen LogP contribution in [0.25, 0.3) is 0 Å². The van der Waals surface area contributed by atoms with Crippen molar-refractivity contribution in [3.8, 4) is 6.07 Å². The summed E-state index contributed by atoms with van der Waals surface area (Å²) in [6.45, 7) is 8.05. The van der Waals surface area contributed by atoms with Gasteiger partial charge in [0.1, 0.15) is 11.6 Å². The lowest BCUT2D eigenvalue weighted by Gasteiger charge is -2.05. The molecule has 0 aliphatic rings. The number of hydrogen-bond acceptors (Lipinski definition) is 3. The third-order valence-corrected chi connectivity index (χ3v) is 2.04. The predicted molar refractivity (Wildman–Crippen MR) is 59.0 cm³/mol. The van der Waals surface area contributed by atoms with Crippen LogP contribution in [0.5, 0.6) is 0 Å². The Balaban J connectivity index is 3.36. The van der Waals surface area contributed by atoms with Gasteiger partial charge < -0.3 is 4.74 Å². The Hall–Kier alpha value is -1.30. The van der Waals surface area contributed by atoms with Crippen LogP contribution in [0.15, 0.2) is 12.2 Å². The highest BCUT2D eigenvalue weighted by Crippen LogP contribution is 2.08. The van der Waals surface area contributed by atoms with Crippen molar-refractivity contribution in [3.63, 3.8) is 0 Å². The molecule has 0 bridgehead atoms. The molecule has 0 spiro atoms. The normalized spacial score (nSPS) is 9.73. The first-order valence-corrected chi connectivity index (χ1v) is 5.34. The van der Waals surface area contributed by atoms with Gasteiger partial charge in [0, 0.05) is 0 Å². The van der Waals surface area contributed by atoms with Crippen molar-refractivity contribution in [2.75, 3.05) is 6.61 Å². The van der Waals surface area contributed by atoms with Gasteiger partial charge in [0.25, 0.3) is 0 Å². The summed E-state index contributed by atoms with van der Waals surface area (Å²) in [7, 11) is 0. The number of esters is 1. The maximum atomic E-state index is 11.0. The highest BCUT2D eigenvalue weighted by molar-refractivity contribution is 5.91. The van der Waals surface area contributed by atoms with Gasteiger partial charge in [0.05, 0.1) is 6.61 Å². The molecule has 0 rings (SSSR count). The second-order valence-electron chi connectivity index (χ2n) is 3.97. The van der Waals surface area contributed by atoms with Crippen molar-refractivity contribution in [2.24, 2.45) is 5.92 Å². The minimum atomic E-state index is -0.596. The van der Waals surface area contributed by atoms with Crippen LogP contribution in [0.1, 0.15) is 39.5 Å². The third-order valence-electron chi connectivity index (χ3n) is 2.04. The van der Waals surface area contributed by atoms with E-state index in [0.29, 0.717) is 6.61 Å². The van der Waals surface area contributed by atoms with Crippen molar-refractivity contribution >= 4 is 5.97 Å². The number of carbonyl (C=O) groups is 1. The molecule has 0 fully saturated rings. The molecule has 0 N–H and O–H groups in total. The average Bonchev–Trinajstić information content (AvgIpc) is 2.21. The number of hydrogen-bond donors (Lipinski definition) is 0. The number of ether oxygens (including phenoxy) is 1. The van der Waals surface area contributed by atoms with Crippen LogP contribution in [0.2, 0.25) is 0 Å². The molecule has 0 aliphatic heterocycles. The molecule has 0 radical (unpaired) electrons. The van der Waals surface area contributed by atoms with E-state index in [1.807, 2.05) is 0 Å². The fourth-order valence-corrected chi connectivity index (χ4v) is 1.13. The quantitative estimate of drug-likeness (QED) is 0.280. The van der Waals surface area contributed by atoms with Gasteiger partial charge in [-0.05, 0) is 12.3 Å². The lowest BCUT2D eigenvalue weighted by molar-refractivity contribution is -0.138. The van der Waals surface area contributed by atoms with Crippen molar-refractivity contribution in [1.29, 1.82) is 5.26 Å². The highest BCUT2D eigenvalue weighted by Gasteiger charge is 2.06. The SMILES string of the molecule is C=C(C#N)C(=O)OCCCCCC(C)C. The predicted octanol–water partition coefficient (Wildman–Crippen LogP) is 2.83. The van der Waals surface area contributed by atoms with Gasteiger partial charge in [-0.25, -0.2) is 4.79 Å². The Morgan fingerprint density at radius 1 is 1.40 bits per heavy atom. The van der Waals surface area contributed by atoms with Gasteiger partial charge >= 0.3 is 5.97 Å². The first-order chi connectivity index (χ1) is 7.07. The molecule has 84 valence electrons. The number of unbranched alkanes of at least 4 members (excludes halogenated alkanes) is 2. The zero-order valence-electron chi connectivity index (χ0n) is 9.58. The molecular weight excluding hydrogens is 190 g/mol. The minimum absolute atomic E-state index is 0.128. The van der Waals surface area contributed by atoms with Crippen LogP contribution in [0, 0.1) is 17.2 Å². The van der Waals surface area contributed by atoms with Gasteiger partial charge in [-0.1, -0.05) is 39.7 Å². The summed E-state index contributed by atoms with van der Waals surface area (Å²) in [5, 5.41) is 8.36. The van der Waals surface area contributed by atoms with Crippen molar-refractivity contribution < 1.29 is 9.53 Å². The van der Waals surface area contributed by atoms with E-state index in [2.05, 4.69) is 20.4 Å². The van der Waals surface area contributed by atoms with E-state index < -0.39 is 5.97 Å². The molecule has 0 heterocycles. The standard InChI is InChI=1S/C12H19NO2/c1-10(2)7-5-4-6-8-15-12(14)11(3)9-13/h10H,3-8H2,1-2H3. The Labute approximate surface area is 91.7 Å². The molecule has 0 saturated carbocycles. The minimum Gasteiger partial charge on any atom is -0.462 e. The summed E-state index contributed by atoms with van der Waals surface area (Å²) in [5.41, 5.74) is -0.128. The molecule has 0 unspecified atom stereocenters. The van der Waals surface area contributed by atoms with Crippen LogP contribution in [0.3, 0.4) is 0 Å². The summed E-state index contributed by atoms with van der Waals surface area (Å²) >= 11 is 0. The second kappa shape index (κ2) is 8.05. The van der Waals surface area contributed by atoms with Gasteiger partial charge in [-0.15, -0.1) is 0 Å². The molecule has 0 aromatic heterocycles. The Morgan fingerprint density at radius 2 is 2.07 bits per heavy atom. The smallest absolute Gasteiger partial charge is 0.348 e. The largest absolute Gasteiger partial charge is 0.462 e. The maximum Gasteiger partial charge on any atom is 0.348 e. The third kappa shape index (κ3) is 7.75. The molecule has 0 aromatic rings. The first-order valence-electron chi connectivity index (χ1n) is 5.34. The Kier molecular flexibility index (Phi) is 7.35. The maximum absolute atomic E-state index is 11.0. The molecule has 0 aliphatic carbocycles. The van der Waals surface area contributed by atoms with E-state index in [4.69, 9.17) is 10.00 Å². The lowest BCUT2D eigenvalue weighted by atomic mass is 10.1. The molecule has 3 nitrogen and oxygen atoms in total. The van der Waals surface area contributed by atoms with Crippen molar-refractivity contribution in [3.05, 3.63) is 12.2 Å². The Morgan fingerprint density at radius 3 is 2.60 bits per heavy atom. The topological polar surface area (TPSA) is 50.1 Å². The van der Waals surface area contributed by atoms with Crippen LogP contribution >= 0.6 is 0 Å². The van der Waals surface area contributed by atoms with E-state index in [0.717, 1.165) is 25.2 Å². The van der Waals surface area contributed by atoms with Crippen LogP contribution in [-0.2, 0) is 9.53 Å².